The number of thiazole rings is 1. The number of carbonyl (C=O) groups is 2. The van der Waals surface area contributed by atoms with E-state index >= 15 is 0 Å². The fourth-order valence-corrected chi connectivity index (χ4v) is 6.27. The molecule has 3 N–H and O–H groups in total. The molecule has 0 saturated carbocycles. The molecule has 5 aromatic rings. The maximum atomic E-state index is 13.7. The molecule has 0 aliphatic carbocycles. The average molecular weight is 642 g/mol. The van der Waals surface area contributed by atoms with Gasteiger partial charge in [0.2, 0.25) is 0 Å². The summed E-state index contributed by atoms with van der Waals surface area (Å²) in [6.45, 7) is 4.08. The average Bonchev–Trinajstić information content (AvgIpc) is 3.48. The van der Waals surface area contributed by atoms with Gasteiger partial charge in [-0.2, -0.15) is 0 Å². The van der Waals surface area contributed by atoms with Crippen LogP contribution in [0.4, 0.5) is 21.3 Å². The molecule has 9 nitrogen and oxygen atoms in total. The molecule has 2 heterocycles. The summed E-state index contributed by atoms with van der Waals surface area (Å²) in [5, 5.41) is 18.6. The largest absolute Gasteiger partial charge is 0.379 e. The van der Waals surface area contributed by atoms with Crippen LogP contribution in [0.25, 0.3) is 10.2 Å². The van der Waals surface area contributed by atoms with E-state index in [1.165, 1.54) is 11.3 Å². The molecule has 1 aromatic heterocycles. The third kappa shape index (κ3) is 7.00. The Morgan fingerprint density at radius 3 is 2.20 bits per heavy atom. The van der Waals surface area contributed by atoms with Gasteiger partial charge in [-0.1, -0.05) is 83.6 Å². The van der Waals surface area contributed by atoms with Crippen molar-refractivity contribution in [2.45, 2.75) is 5.60 Å². The van der Waals surface area contributed by atoms with Gasteiger partial charge in [-0.25, -0.2) is 9.78 Å². The molecule has 11 heteroatoms. The number of morpholine rings is 1. The van der Waals surface area contributed by atoms with E-state index in [1.807, 2.05) is 30.3 Å². The number of nitrogens with zero attached hydrogens (tertiary/aromatic N) is 3. The molecule has 0 radical (unpaired) electrons. The highest BCUT2D eigenvalue weighted by Crippen LogP contribution is 2.34. The second-order valence-corrected chi connectivity index (χ2v) is 12.1. The SMILES string of the molecule is O=C(Nc1ccc(Cl)cc1)N(CCN1CCOCC1)c1ccc2nc(NC(=O)C(O)(c3ccccc3)c3ccccc3)sc2c1. The first-order valence-electron chi connectivity index (χ1n) is 14.6. The van der Waals surface area contributed by atoms with Crippen molar-refractivity contribution in [3.8, 4) is 0 Å². The van der Waals surface area contributed by atoms with Crippen molar-refractivity contribution >= 4 is 61.6 Å². The number of rotatable bonds is 9. The Morgan fingerprint density at radius 1 is 0.911 bits per heavy atom. The number of carbonyl (C=O) groups excluding carboxylic acids is 2. The van der Waals surface area contributed by atoms with Crippen LogP contribution in [-0.4, -0.2) is 66.3 Å². The number of benzene rings is 4. The topological polar surface area (TPSA) is 107 Å². The van der Waals surface area contributed by atoms with Crippen molar-refractivity contribution in [3.63, 3.8) is 0 Å². The molecule has 230 valence electrons. The van der Waals surface area contributed by atoms with Crippen molar-refractivity contribution < 1.29 is 19.4 Å². The van der Waals surface area contributed by atoms with Crippen LogP contribution in [0.1, 0.15) is 11.1 Å². The van der Waals surface area contributed by atoms with Crippen LogP contribution in [0.2, 0.25) is 5.02 Å². The first-order chi connectivity index (χ1) is 21.9. The fraction of sp³-hybridized carbons (Fsp3) is 0.206. The van der Waals surface area contributed by atoms with Gasteiger partial charge in [-0.15, -0.1) is 0 Å². The van der Waals surface area contributed by atoms with E-state index in [0.717, 1.165) is 17.8 Å². The van der Waals surface area contributed by atoms with Crippen LogP contribution in [0, 0.1) is 0 Å². The third-order valence-electron chi connectivity index (χ3n) is 7.70. The number of halogens is 1. The molecular weight excluding hydrogens is 610 g/mol. The lowest BCUT2D eigenvalue weighted by Gasteiger charge is -2.30. The molecular formula is C34H32ClN5O4S. The van der Waals surface area contributed by atoms with Gasteiger partial charge in [0, 0.05) is 42.6 Å². The van der Waals surface area contributed by atoms with Crippen LogP contribution in [-0.2, 0) is 15.1 Å². The Kier molecular flexibility index (Phi) is 9.39. The molecule has 1 aliphatic heterocycles. The Labute approximate surface area is 270 Å². The predicted octanol–water partition coefficient (Wildman–Crippen LogP) is 6.20. The van der Waals surface area contributed by atoms with E-state index in [-0.39, 0.29) is 6.03 Å². The van der Waals surface area contributed by atoms with Crippen molar-refractivity contribution in [2.24, 2.45) is 0 Å². The predicted molar refractivity (Wildman–Crippen MR) is 179 cm³/mol. The summed E-state index contributed by atoms with van der Waals surface area (Å²) in [6, 6.07) is 29.9. The summed E-state index contributed by atoms with van der Waals surface area (Å²) >= 11 is 7.31. The van der Waals surface area contributed by atoms with E-state index in [0.29, 0.717) is 64.5 Å². The smallest absolute Gasteiger partial charge is 0.326 e. The molecule has 0 bridgehead atoms. The number of hydrogen-bond donors (Lipinski definition) is 3. The van der Waals surface area contributed by atoms with Crippen LogP contribution in [0.3, 0.4) is 0 Å². The van der Waals surface area contributed by atoms with Crippen LogP contribution in [0.5, 0.6) is 0 Å². The van der Waals surface area contributed by atoms with Crippen LogP contribution in [0.15, 0.2) is 103 Å². The summed E-state index contributed by atoms with van der Waals surface area (Å²) in [5.74, 6) is -0.617. The van der Waals surface area contributed by atoms with Gasteiger partial charge in [0.05, 0.1) is 23.4 Å². The first-order valence-corrected chi connectivity index (χ1v) is 15.8. The minimum absolute atomic E-state index is 0.279. The summed E-state index contributed by atoms with van der Waals surface area (Å²) in [4.78, 5) is 35.9. The molecule has 0 atom stereocenters. The Morgan fingerprint density at radius 2 is 1.56 bits per heavy atom. The van der Waals surface area contributed by atoms with Gasteiger partial charge in [0.15, 0.2) is 10.7 Å². The van der Waals surface area contributed by atoms with Crippen molar-refractivity contribution in [1.29, 1.82) is 0 Å². The lowest BCUT2D eigenvalue weighted by molar-refractivity contribution is -0.131. The number of aliphatic hydroxyl groups is 1. The van der Waals surface area contributed by atoms with Gasteiger partial charge in [0.1, 0.15) is 0 Å². The molecule has 0 unspecified atom stereocenters. The molecule has 4 aromatic carbocycles. The minimum atomic E-state index is -1.93. The monoisotopic (exact) mass is 641 g/mol. The van der Waals surface area contributed by atoms with Gasteiger partial charge >= 0.3 is 6.03 Å². The number of fused-ring (bicyclic) bond motifs is 1. The fourth-order valence-electron chi connectivity index (χ4n) is 5.25. The molecule has 6 rings (SSSR count). The highest BCUT2D eigenvalue weighted by molar-refractivity contribution is 7.22. The highest BCUT2D eigenvalue weighted by Gasteiger charge is 2.40. The second kappa shape index (κ2) is 13.8. The highest BCUT2D eigenvalue weighted by atomic mass is 35.5. The molecule has 1 fully saturated rings. The van der Waals surface area contributed by atoms with Gasteiger partial charge in [-0.3, -0.25) is 19.9 Å². The lowest BCUT2D eigenvalue weighted by Crippen LogP contribution is -2.44. The number of hydrogen-bond acceptors (Lipinski definition) is 7. The third-order valence-corrected chi connectivity index (χ3v) is 8.89. The number of nitrogens with one attached hydrogen (secondary N) is 2. The number of amides is 3. The zero-order valence-electron chi connectivity index (χ0n) is 24.4. The van der Waals surface area contributed by atoms with Crippen molar-refractivity contribution in [1.82, 2.24) is 9.88 Å². The second-order valence-electron chi connectivity index (χ2n) is 10.6. The normalized spacial score (nSPS) is 13.8. The lowest BCUT2D eigenvalue weighted by atomic mass is 9.85. The Balaban J connectivity index is 1.26. The number of anilines is 3. The maximum Gasteiger partial charge on any atom is 0.326 e. The van der Waals surface area contributed by atoms with Crippen LogP contribution < -0.4 is 15.5 Å². The van der Waals surface area contributed by atoms with Crippen molar-refractivity contribution in [2.75, 3.05) is 54.9 Å². The van der Waals surface area contributed by atoms with Crippen molar-refractivity contribution in [3.05, 3.63) is 119 Å². The minimum Gasteiger partial charge on any atom is -0.379 e. The number of urea groups is 1. The number of ether oxygens (including phenoxy) is 1. The van der Waals surface area contributed by atoms with E-state index < -0.39 is 11.5 Å². The molecule has 1 saturated heterocycles. The summed E-state index contributed by atoms with van der Waals surface area (Å²) < 4.78 is 6.26. The zero-order valence-corrected chi connectivity index (χ0v) is 25.9. The molecule has 0 spiro atoms. The van der Waals surface area contributed by atoms with Gasteiger partial charge < -0.3 is 15.2 Å². The van der Waals surface area contributed by atoms with Gasteiger partial charge in [0.25, 0.3) is 5.91 Å². The summed E-state index contributed by atoms with van der Waals surface area (Å²) in [5.41, 5.74) is 0.942. The molecule has 3 amide bonds. The number of aromatic nitrogens is 1. The van der Waals surface area contributed by atoms with Crippen LogP contribution >= 0.6 is 22.9 Å². The van der Waals surface area contributed by atoms with E-state index in [9.17, 15) is 14.7 Å². The quantitative estimate of drug-likeness (QED) is 0.177. The summed E-state index contributed by atoms with van der Waals surface area (Å²) in [6.07, 6.45) is 0. The molecule has 1 aliphatic rings. The maximum absolute atomic E-state index is 13.7. The Hall–Kier alpha value is -4.32. The molecule has 45 heavy (non-hydrogen) atoms. The summed E-state index contributed by atoms with van der Waals surface area (Å²) in [7, 11) is 0. The Bertz CT molecular complexity index is 1720. The van der Waals surface area contributed by atoms with E-state index in [4.69, 9.17) is 16.3 Å². The van der Waals surface area contributed by atoms with Gasteiger partial charge in [-0.05, 0) is 53.6 Å². The zero-order chi connectivity index (χ0) is 31.2. The first kappa shape index (κ1) is 30.7. The standard InChI is InChI=1S/C34H32ClN5O4S/c35-26-11-13-27(14-12-26)36-33(42)40(18-17-39-19-21-44-22-20-39)28-15-16-29-30(23-28)45-32(37-29)38-31(41)34(43,24-7-3-1-4-8-24)25-9-5-2-6-10-25/h1-16,23,43H,17-22H2,(H,36,42)(H,37,38,41). The van der Waals surface area contributed by atoms with E-state index in [2.05, 4.69) is 20.5 Å². The van der Waals surface area contributed by atoms with E-state index in [1.54, 1.807) is 77.7 Å².